The number of hydrogen-bond donors (Lipinski definition) is 0. The average Bonchev–Trinajstić information content (AvgIpc) is 3.21. The monoisotopic (exact) mass is 459 g/mol. The summed E-state index contributed by atoms with van der Waals surface area (Å²) < 4.78 is 33.6. The van der Waals surface area contributed by atoms with Crippen molar-refractivity contribution in [2.75, 3.05) is 44.3 Å². The van der Waals surface area contributed by atoms with E-state index in [1.54, 1.807) is 24.3 Å². The molecule has 0 atom stereocenters. The molecule has 0 spiro atoms. The van der Waals surface area contributed by atoms with Crippen molar-refractivity contribution in [3.63, 3.8) is 0 Å². The number of halogens is 2. The highest BCUT2D eigenvalue weighted by molar-refractivity contribution is 7.22. The highest BCUT2D eigenvalue weighted by Gasteiger charge is 2.23. The van der Waals surface area contributed by atoms with Crippen LogP contribution in [0.4, 0.5) is 13.9 Å². The summed E-state index contributed by atoms with van der Waals surface area (Å²) in [7, 11) is 0. The molecule has 4 rings (SSSR count). The first kappa shape index (κ1) is 22.4. The third kappa shape index (κ3) is 5.01. The summed E-state index contributed by atoms with van der Waals surface area (Å²) in [5.74, 6) is -1.83. The molecule has 1 aromatic heterocycles. The Bertz CT molecular complexity index is 1130. The number of ketones is 1. The number of anilines is 1. The number of morpholine rings is 1. The van der Waals surface area contributed by atoms with Crippen molar-refractivity contribution in [2.45, 2.75) is 13.3 Å². The Hall–Kier alpha value is -2.75. The minimum absolute atomic E-state index is 0.0457. The molecule has 6 nitrogen and oxygen atoms in total. The van der Waals surface area contributed by atoms with Crippen molar-refractivity contribution in [2.24, 2.45) is 0 Å². The number of aromatic nitrogens is 1. The Morgan fingerprint density at radius 2 is 1.81 bits per heavy atom. The molecular formula is C23H23F2N3O3S. The van der Waals surface area contributed by atoms with Crippen LogP contribution >= 0.6 is 11.3 Å². The number of rotatable bonds is 7. The fourth-order valence-corrected chi connectivity index (χ4v) is 4.65. The van der Waals surface area contributed by atoms with E-state index in [1.165, 1.54) is 17.9 Å². The van der Waals surface area contributed by atoms with Crippen molar-refractivity contribution < 1.29 is 23.1 Å². The normalized spacial score (nSPS) is 14.6. The predicted octanol–water partition coefficient (Wildman–Crippen LogP) is 4.15. The van der Waals surface area contributed by atoms with Crippen LogP contribution in [0.3, 0.4) is 0 Å². The lowest BCUT2D eigenvalue weighted by atomic mass is 10.1. The van der Waals surface area contributed by atoms with E-state index >= 15 is 0 Å². The number of nitrogens with zero attached hydrogens (tertiary/aromatic N) is 3. The first-order chi connectivity index (χ1) is 15.4. The maximum Gasteiger partial charge on any atom is 0.260 e. The number of hydrogen-bond acceptors (Lipinski definition) is 6. The molecule has 1 amide bonds. The van der Waals surface area contributed by atoms with Gasteiger partial charge in [0, 0.05) is 43.4 Å². The second-order valence-corrected chi connectivity index (χ2v) is 8.64. The molecule has 1 aliphatic heterocycles. The summed E-state index contributed by atoms with van der Waals surface area (Å²) in [6.07, 6.45) is 0.685. The fourth-order valence-electron chi connectivity index (χ4n) is 3.63. The van der Waals surface area contributed by atoms with Gasteiger partial charge in [-0.2, -0.15) is 0 Å². The van der Waals surface area contributed by atoms with Gasteiger partial charge in [-0.15, -0.1) is 0 Å². The van der Waals surface area contributed by atoms with E-state index in [2.05, 4.69) is 9.88 Å². The lowest BCUT2D eigenvalue weighted by molar-refractivity contribution is 0.0376. The highest BCUT2D eigenvalue weighted by atomic mass is 32.1. The molecule has 3 aromatic rings. The lowest BCUT2D eigenvalue weighted by Gasteiger charge is -2.27. The number of carbonyl (C=O) groups is 2. The maximum atomic E-state index is 14.2. The molecule has 0 bridgehead atoms. The van der Waals surface area contributed by atoms with Gasteiger partial charge >= 0.3 is 0 Å². The second-order valence-electron chi connectivity index (χ2n) is 7.63. The molecule has 1 saturated heterocycles. The summed E-state index contributed by atoms with van der Waals surface area (Å²) in [4.78, 5) is 33.0. The molecule has 0 radical (unpaired) electrons. The summed E-state index contributed by atoms with van der Waals surface area (Å²) in [5, 5.41) is 0.312. The molecule has 2 aromatic carbocycles. The zero-order valence-electron chi connectivity index (χ0n) is 17.6. The maximum absolute atomic E-state index is 14.2. The van der Waals surface area contributed by atoms with Crippen LogP contribution in [0.5, 0.6) is 0 Å². The third-order valence-electron chi connectivity index (χ3n) is 5.38. The van der Waals surface area contributed by atoms with Crippen LogP contribution < -0.4 is 4.90 Å². The van der Waals surface area contributed by atoms with Crippen LogP contribution in [0.2, 0.25) is 0 Å². The SMILES string of the molecule is CC(=O)c1ccc(C(=O)N(CCCN2CCOCC2)c2nc3c(F)cc(F)cc3s2)cc1. The molecule has 0 N–H and O–H groups in total. The number of ether oxygens (including phenoxy) is 1. The second kappa shape index (κ2) is 9.81. The third-order valence-corrected chi connectivity index (χ3v) is 6.40. The van der Waals surface area contributed by atoms with Crippen LogP contribution in [0.15, 0.2) is 36.4 Å². The molecule has 32 heavy (non-hydrogen) atoms. The van der Waals surface area contributed by atoms with Gasteiger partial charge in [0.15, 0.2) is 16.7 Å². The average molecular weight is 460 g/mol. The van der Waals surface area contributed by atoms with Gasteiger partial charge in [0.1, 0.15) is 11.3 Å². The molecular weight excluding hydrogens is 436 g/mol. The zero-order valence-corrected chi connectivity index (χ0v) is 18.5. The van der Waals surface area contributed by atoms with Crippen LogP contribution in [0, 0.1) is 11.6 Å². The van der Waals surface area contributed by atoms with E-state index in [9.17, 15) is 18.4 Å². The number of thiazole rings is 1. The molecule has 0 aliphatic carbocycles. The molecule has 2 heterocycles. The van der Waals surface area contributed by atoms with Gasteiger partial charge in [0.05, 0.1) is 17.9 Å². The topological polar surface area (TPSA) is 62.7 Å². The lowest BCUT2D eigenvalue weighted by Crippen LogP contribution is -2.39. The van der Waals surface area contributed by atoms with Gasteiger partial charge in [-0.05, 0) is 31.5 Å². The molecule has 1 aliphatic rings. The standard InChI is InChI=1S/C23H23F2N3O3S/c1-15(29)16-3-5-17(6-4-16)22(30)28(8-2-7-27-9-11-31-12-10-27)23-26-21-19(25)13-18(24)14-20(21)32-23/h3-6,13-14H,2,7-12H2,1H3. The Kier molecular flexibility index (Phi) is 6.88. The van der Waals surface area contributed by atoms with Crippen LogP contribution in [0.1, 0.15) is 34.1 Å². The molecule has 1 fully saturated rings. The number of carbonyl (C=O) groups excluding carboxylic acids is 2. The molecule has 0 unspecified atom stereocenters. The van der Waals surface area contributed by atoms with Crippen molar-refractivity contribution in [1.29, 1.82) is 0 Å². The van der Waals surface area contributed by atoms with Gasteiger partial charge in [-0.25, -0.2) is 13.8 Å². The minimum Gasteiger partial charge on any atom is -0.379 e. The first-order valence-electron chi connectivity index (χ1n) is 10.4. The molecule has 9 heteroatoms. The van der Waals surface area contributed by atoms with Crippen LogP contribution in [-0.4, -0.2) is 61.0 Å². The van der Waals surface area contributed by atoms with Crippen molar-refractivity contribution >= 4 is 38.4 Å². The van der Waals surface area contributed by atoms with E-state index in [0.29, 0.717) is 47.1 Å². The molecule has 0 saturated carbocycles. The Labute approximate surface area is 188 Å². The Morgan fingerprint density at radius 3 is 2.50 bits per heavy atom. The van der Waals surface area contributed by atoms with Gasteiger partial charge in [0.25, 0.3) is 5.91 Å². The zero-order chi connectivity index (χ0) is 22.7. The Balaban J connectivity index is 1.60. The van der Waals surface area contributed by atoms with Crippen LogP contribution in [-0.2, 0) is 4.74 Å². The van der Waals surface area contributed by atoms with E-state index in [4.69, 9.17) is 4.74 Å². The fraction of sp³-hybridized carbons (Fsp3) is 0.348. The smallest absolute Gasteiger partial charge is 0.260 e. The van der Waals surface area contributed by atoms with Gasteiger partial charge in [0.2, 0.25) is 0 Å². The largest absolute Gasteiger partial charge is 0.379 e. The number of Topliss-reactive ketones (excluding diaryl/α,β-unsaturated/α-hetero) is 1. The summed E-state index contributed by atoms with van der Waals surface area (Å²) in [6, 6.07) is 8.42. The number of amides is 1. The van der Waals surface area contributed by atoms with Crippen molar-refractivity contribution in [1.82, 2.24) is 9.88 Å². The van der Waals surface area contributed by atoms with E-state index in [-0.39, 0.29) is 17.2 Å². The van der Waals surface area contributed by atoms with Crippen molar-refractivity contribution in [3.05, 3.63) is 59.2 Å². The predicted molar refractivity (Wildman–Crippen MR) is 120 cm³/mol. The number of benzene rings is 2. The first-order valence-corrected chi connectivity index (χ1v) is 11.2. The van der Waals surface area contributed by atoms with Gasteiger partial charge in [-0.3, -0.25) is 19.4 Å². The highest BCUT2D eigenvalue weighted by Crippen LogP contribution is 2.32. The summed E-state index contributed by atoms with van der Waals surface area (Å²) >= 11 is 1.08. The summed E-state index contributed by atoms with van der Waals surface area (Å²) in [6.45, 7) is 5.67. The minimum atomic E-state index is -0.756. The Morgan fingerprint density at radius 1 is 1.12 bits per heavy atom. The van der Waals surface area contributed by atoms with Crippen molar-refractivity contribution in [3.8, 4) is 0 Å². The number of fused-ring (bicyclic) bond motifs is 1. The van der Waals surface area contributed by atoms with E-state index in [1.807, 2.05) is 0 Å². The van der Waals surface area contributed by atoms with Gasteiger partial charge in [-0.1, -0.05) is 23.5 Å². The quantitative estimate of drug-likeness (QED) is 0.497. The van der Waals surface area contributed by atoms with E-state index < -0.39 is 11.6 Å². The van der Waals surface area contributed by atoms with E-state index in [0.717, 1.165) is 37.0 Å². The van der Waals surface area contributed by atoms with Crippen LogP contribution in [0.25, 0.3) is 10.2 Å². The summed E-state index contributed by atoms with van der Waals surface area (Å²) in [5.41, 5.74) is 0.953. The molecule has 168 valence electrons. The van der Waals surface area contributed by atoms with Gasteiger partial charge < -0.3 is 4.74 Å².